The van der Waals surface area contributed by atoms with E-state index in [9.17, 15) is 4.79 Å². The molecule has 1 aromatic heterocycles. The van der Waals surface area contributed by atoms with Crippen LogP contribution in [0.15, 0.2) is 5.16 Å². The number of hydrogen-bond acceptors (Lipinski definition) is 5. The van der Waals surface area contributed by atoms with Crippen molar-refractivity contribution in [1.29, 1.82) is 0 Å². The first-order valence-electron chi connectivity index (χ1n) is 5.43. The number of nitrogens with zero attached hydrogens (tertiary/aromatic N) is 4. The Morgan fingerprint density at radius 3 is 2.75 bits per heavy atom. The van der Waals surface area contributed by atoms with Crippen molar-refractivity contribution in [1.82, 2.24) is 20.2 Å². The van der Waals surface area contributed by atoms with Crippen LogP contribution in [-0.4, -0.2) is 36.5 Å². The lowest BCUT2D eigenvalue weighted by Crippen LogP contribution is -2.35. The zero-order chi connectivity index (χ0) is 11.1. The number of thioether (sulfide) groups is 1. The Bertz CT molecular complexity index is 417. The Hall–Kier alpha value is -1.11. The third-order valence-electron chi connectivity index (χ3n) is 3.14. The summed E-state index contributed by atoms with van der Waals surface area (Å²) in [7, 11) is 0. The van der Waals surface area contributed by atoms with Crippen molar-refractivity contribution in [3.63, 3.8) is 0 Å². The number of aliphatic carboxylic acids is 1. The van der Waals surface area contributed by atoms with Crippen LogP contribution in [0.3, 0.4) is 0 Å². The van der Waals surface area contributed by atoms with Crippen LogP contribution in [0.1, 0.15) is 31.7 Å². The van der Waals surface area contributed by atoms with Crippen LogP contribution < -0.4 is 0 Å². The van der Waals surface area contributed by atoms with Gasteiger partial charge in [0.05, 0.1) is 12.0 Å². The number of hydrogen-bond donors (Lipinski definition) is 1. The molecule has 0 aliphatic heterocycles. The summed E-state index contributed by atoms with van der Waals surface area (Å²) in [4.78, 5) is 10.9. The van der Waals surface area contributed by atoms with E-state index in [-0.39, 0.29) is 11.2 Å². The second-order valence-electron chi connectivity index (χ2n) is 4.32. The minimum atomic E-state index is -0.700. The van der Waals surface area contributed by atoms with E-state index in [1.54, 1.807) is 0 Å². The van der Waals surface area contributed by atoms with E-state index in [2.05, 4.69) is 15.5 Å². The second-order valence-corrected chi connectivity index (χ2v) is 5.52. The van der Waals surface area contributed by atoms with Gasteiger partial charge in [-0.3, -0.25) is 4.79 Å². The molecule has 2 aliphatic rings. The minimum absolute atomic E-state index is 0.140. The highest BCUT2D eigenvalue weighted by molar-refractivity contribution is 7.99. The van der Waals surface area contributed by atoms with Gasteiger partial charge < -0.3 is 5.11 Å². The van der Waals surface area contributed by atoms with Gasteiger partial charge in [0.15, 0.2) is 0 Å². The fraction of sp³-hybridized carbons (Fsp3) is 0.778. The molecular weight excluding hydrogens is 228 g/mol. The first kappa shape index (κ1) is 10.1. The normalized spacial score (nSPS) is 28.8. The largest absolute Gasteiger partial charge is 0.481 e. The van der Waals surface area contributed by atoms with Crippen LogP contribution in [0.2, 0.25) is 0 Å². The highest BCUT2D eigenvalue weighted by Crippen LogP contribution is 2.43. The van der Waals surface area contributed by atoms with Crippen molar-refractivity contribution in [2.75, 3.05) is 0 Å². The molecule has 3 rings (SSSR count). The van der Waals surface area contributed by atoms with E-state index in [1.165, 1.54) is 11.8 Å². The van der Waals surface area contributed by atoms with Gasteiger partial charge in [0.25, 0.3) is 0 Å². The van der Waals surface area contributed by atoms with Gasteiger partial charge in [-0.25, -0.2) is 4.68 Å². The minimum Gasteiger partial charge on any atom is -0.481 e. The predicted octanol–water partition coefficient (Wildman–Crippen LogP) is 0.963. The van der Waals surface area contributed by atoms with E-state index in [1.807, 2.05) is 4.68 Å². The Labute approximate surface area is 96.4 Å². The summed E-state index contributed by atoms with van der Waals surface area (Å²) in [5.41, 5.74) is 0. The third-order valence-corrected chi connectivity index (χ3v) is 4.49. The zero-order valence-electron chi connectivity index (χ0n) is 8.61. The molecule has 2 atom stereocenters. The molecule has 2 unspecified atom stereocenters. The van der Waals surface area contributed by atoms with Gasteiger partial charge >= 0.3 is 5.97 Å². The van der Waals surface area contributed by atoms with Gasteiger partial charge in [0.1, 0.15) is 0 Å². The van der Waals surface area contributed by atoms with Crippen molar-refractivity contribution in [3.8, 4) is 0 Å². The summed E-state index contributed by atoms with van der Waals surface area (Å²) >= 11 is 1.51. The molecule has 2 saturated carbocycles. The maximum absolute atomic E-state index is 10.9. The van der Waals surface area contributed by atoms with Crippen molar-refractivity contribution < 1.29 is 9.90 Å². The lowest BCUT2D eigenvalue weighted by molar-refractivity contribution is -0.144. The molecule has 1 aromatic rings. The Kier molecular flexibility index (Phi) is 2.34. The van der Waals surface area contributed by atoms with Gasteiger partial charge in [-0.05, 0) is 36.1 Å². The zero-order valence-corrected chi connectivity index (χ0v) is 9.43. The number of tetrazole rings is 1. The molecule has 0 bridgehead atoms. The molecule has 86 valence electrons. The van der Waals surface area contributed by atoms with Crippen LogP contribution in [0, 0.1) is 5.92 Å². The molecule has 2 fully saturated rings. The summed E-state index contributed by atoms with van der Waals surface area (Å²) < 4.78 is 1.84. The van der Waals surface area contributed by atoms with E-state index < -0.39 is 5.97 Å². The number of carboxylic acid groups (broad SMARTS) is 1. The molecule has 0 radical (unpaired) electrons. The van der Waals surface area contributed by atoms with Gasteiger partial charge in [-0.1, -0.05) is 11.8 Å². The van der Waals surface area contributed by atoms with E-state index >= 15 is 0 Å². The number of carboxylic acids is 1. The molecule has 0 amide bonds. The van der Waals surface area contributed by atoms with Crippen LogP contribution in [-0.2, 0) is 4.79 Å². The SMILES string of the molecule is O=C(O)C1CCC1Sc1nnnn1C1CC1. The maximum Gasteiger partial charge on any atom is 0.307 e. The van der Waals surface area contributed by atoms with Crippen molar-refractivity contribution in [3.05, 3.63) is 0 Å². The topological polar surface area (TPSA) is 80.9 Å². The van der Waals surface area contributed by atoms with E-state index in [4.69, 9.17) is 5.11 Å². The highest BCUT2D eigenvalue weighted by atomic mass is 32.2. The fourth-order valence-electron chi connectivity index (χ4n) is 1.84. The Morgan fingerprint density at radius 2 is 2.19 bits per heavy atom. The van der Waals surface area contributed by atoms with E-state index in [0.717, 1.165) is 30.8 Å². The molecule has 7 heteroatoms. The molecule has 2 aliphatic carbocycles. The smallest absolute Gasteiger partial charge is 0.307 e. The molecule has 6 nitrogen and oxygen atoms in total. The Morgan fingerprint density at radius 1 is 1.38 bits per heavy atom. The monoisotopic (exact) mass is 240 g/mol. The summed E-state index contributed by atoms with van der Waals surface area (Å²) in [5.74, 6) is -0.927. The van der Waals surface area contributed by atoms with E-state index in [0.29, 0.717) is 6.04 Å². The van der Waals surface area contributed by atoms with Gasteiger partial charge in [0.2, 0.25) is 5.16 Å². The van der Waals surface area contributed by atoms with Crippen molar-refractivity contribution >= 4 is 17.7 Å². The van der Waals surface area contributed by atoms with Crippen LogP contribution in [0.5, 0.6) is 0 Å². The lowest BCUT2D eigenvalue weighted by Gasteiger charge is -2.31. The summed E-state index contributed by atoms with van der Waals surface area (Å²) in [6.07, 6.45) is 3.98. The Balaban J connectivity index is 1.69. The molecule has 1 N–H and O–H groups in total. The first-order valence-corrected chi connectivity index (χ1v) is 6.31. The summed E-state index contributed by atoms with van der Waals surface area (Å²) in [5, 5.41) is 21.4. The quantitative estimate of drug-likeness (QED) is 0.844. The number of carbonyl (C=O) groups is 1. The predicted molar refractivity (Wildman–Crippen MR) is 56.1 cm³/mol. The van der Waals surface area contributed by atoms with Crippen LogP contribution in [0.25, 0.3) is 0 Å². The van der Waals surface area contributed by atoms with Crippen molar-refractivity contribution in [2.45, 2.75) is 42.1 Å². The number of aromatic nitrogens is 4. The van der Waals surface area contributed by atoms with Crippen molar-refractivity contribution in [2.24, 2.45) is 5.92 Å². The lowest BCUT2D eigenvalue weighted by atomic mass is 9.85. The second kappa shape index (κ2) is 3.73. The number of rotatable bonds is 4. The van der Waals surface area contributed by atoms with Crippen LogP contribution in [0.4, 0.5) is 0 Å². The standard InChI is InChI=1S/C9H12N4O2S/c14-8(15)6-3-4-7(6)16-9-10-11-12-13(9)5-1-2-5/h5-7H,1-4H2,(H,14,15). The summed E-state index contributed by atoms with van der Waals surface area (Å²) in [6.45, 7) is 0. The van der Waals surface area contributed by atoms with Crippen LogP contribution >= 0.6 is 11.8 Å². The van der Waals surface area contributed by atoms with Gasteiger partial charge in [0, 0.05) is 5.25 Å². The van der Waals surface area contributed by atoms with Gasteiger partial charge in [-0.15, -0.1) is 5.10 Å². The average molecular weight is 240 g/mol. The molecule has 16 heavy (non-hydrogen) atoms. The third kappa shape index (κ3) is 1.68. The fourth-order valence-corrected chi connectivity index (χ4v) is 3.16. The maximum atomic E-state index is 10.9. The first-order chi connectivity index (χ1) is 7.75. The molecule has 0 aromatic carbocycles. The average Bonchev–Trinajstić information content (AvgIpc) is 2.92. The van der Waals surface area contributed by atoms with Gasteiger partial charge in [-0.2, -0.15) is 0 Å². The molecule has 0 spiro atoms. The highest BCUT2D eigenvalue weighted by Gasteiger charge is 2.39. The summed E-state index contributed by atoms with van der Waals surface area (Å²) in [6, 6.07) is 0.445. The molecular formula is C9H12N4O2S. The molecule has 1 heterocycles. The molecule has 0 saturated heterocycles.